The summed E-state index contributed by atoms with van der Waals surface area (Å²) in [6.07, 6.45) is 1.61. The number of rotatable bonds is 6. The fourth-order valence-corrected chi connectivity index (χ4v) is 4.65. The van der Waals surface area contributed by atoms with E-state index in [2.05, 4.69) is 26.3 Å². The van der Waals surface area contributed by atoms with E-state index in [-0.39, 0.29) is 10.5 Å². The number of hydrogen-bond donors (Lipinski definition) is 1. The first-order valence-electron chi connectivity index (χ1n) is 9.21. The molecule has 1 amide bonds. The average molecular weight is 491 g/mol. The van der Waals surface area contributed by atoms with Crippen LogP contribution in [0.3, 0.4) is 0 Å². The predicted octanol–water partition coefficient (Wildman–Crippen LogP) is 3.81. The lowest BCUT2D eigenvalue weighted by atomic mass is 10.1. The van der Waals surface area contributed by atoms with Gasteiger partial charge in [-0.3, -0.25) is 4.79 Å². The van der Waals surface area contributed by atoms with Gasteiger partial charge in [0, 0.05) is 30.2 Å². The molecule has 7 nitrogen and oxygen atoms in total. The van der Waals surface area contributed by atoms with E-state index in [1.54, 1.807) is 36.9 Å². The van der Waals surface area contributed by atoms with Gasteiger partial charge in [-0.1, -0.05) is 28.1 Å². The fraction of sp³-hybridized carbons (Fsp3) is 0.238. The summed E-state index contributed by atoms with van der Waals surface area (Å²) in [6.45, 7) is 4.01. The molecular formula is C21H23BrN4O3S. The van der Waals surface area contributed by atoms with Crippen LogP contribution in [0.2, 0.25) is 0 Å². The number of nitrogens with one attached hydrogen (secondary N) is 1. The maximum Gasteiger partial charge on any atom is 0.256 e. The third-order valence-corrected chi connectivity index (χ3v) is 7.25. The van der Waals surface area contributed by atoms with Crippen molar-refractivity contribution in [3.8, 4) is 0 Å². The van der Waals surface area contributed by atoms with Crippen LogP contribution in [-0.4, -0.2) is 42.5 Å². The third kappa shape index (κ3) is 4.63. The van der Waals surface area contributed by atoms with Crippen molar-refractivity contribution >= 4 is 37.7 Å². The lowest BCUT2D eigenvalue weighted by Gasteiger charge is -2.17. The van der Waals surface area contributed by atoms with E-state index in [4.69, 9.17) is 0 Å². The van der Waals surface area contributed by atoms with E-state index >= 15 is 0 Å². The lowest BCUT2D eigenvalue weighted by Crippen LogP contribution is -2.24. The molecule has 0 aliphatic rings. The van der Waals surface area contributed by atoms with Crippen molar-refractivity contribution < 1.29 is 13.2 Å². The van der Waals surface area contributed by atoms with E-state index in [0.29, 0.717) is 17.9 Å². The van der Waals surface area contributed by atoms with E-state index in [9.17, 15) is 13.2 Å². The monoisotopic (exact) mass is 490 g/mol. The van der Waals surface area contributed by atoms with Gasteiger partial charge in [-0.05, 0) is 54.8 Å². The molecule has 2 aromatic carbocycles. The van der Waals surface area contributed by atoms with Crippen molar-refractivity contribution in [2.75, 3.05) is 19.4 Å². The van der Waals surface area contributed by atoms with Gasteiger partial charge in [0.05, 0.1) is 17.6 Å². The highest BCUT2D eigenvalue weighted by Gasteiger charge is 2.23. The SMILES string of the molecule is Cc1cc(C(=O)Nc2ccnn2Cc2cccc(Br)c2)cc(S(=O)(=O)N(C)C)c1C. The Bertz CT molecular complexity index is 1200. The summed E-state index contributed by atoms with van der Waals surface area (Å²) in [5.41, 5.74) is 2.65. The average Bonchev–Trinajstić information content (AvgIpc) is 3.10. The summed E-state index contributed by atoms with van der Waals surface area (Å²) < 4.78 is 29.1. The minimum atomic E-state index is -3.67. The standard InChI is InChI=1S/C21H23BrN4O3S/c1-14-10-17(12-19(15(14)2)30(28,29)25(3)4)21(27)24-20-8-9-23-26(20)13-16-6-5-7-18(22)11-16/h5-12H,13H2,1-4H3,(H,24,27). The molecule has 0 aliphatic heterocycles. The third-order valence-electron chi connectivity index (χ3n) is 4.82. The van der Waals surface area contributed by atoms with Crippen LogP contribution in [-0.2, 0) is 16.6 Å². The molecule has 0 saturated carbocycles. The minimum Gasteiger partial charge on any atom is -0.307 e. The van der Waals surface area contributed by atoms with E-state index in [1.807, 2.05) is 24.3 Å². The highest BCUT2D eigenvalue weighted by atomic mass is 79.9. The molecule has 0 atom stereocenters. The Morgan fingerprint density at radius 3 is 2.57 bits per heavy atom. The Hall–Kier alpha value is -2.49. The van der Waals surface area contributed by atoms with E-state index < -0.39 is 15.9 Å². The van der Waals surface area contributed by atoms with Crippen LogP contribution in [0.25, 0.3) is 0 Å². The van der Waals surface area contributed by atoms with Gasteiger partial charge in [-0.15, -0.1) is 0 Å². The zero-order chi connectivity index (χ0) is 22.1. The van der Waals surface area contributed by atoms with Crippen molar-refractivity contribution in [1.82, 2.24) is 14.1 Å². The molecule has 3 aromatic rings. The molecule has 0 spiro atoms. The normalized spacial score (nSPS) is 11.7. The summed E-state index contributed by atoms with van der Waals surface area (Å²) in [4.78, 5) is 13.0. The summed E-state index contributed by atoms with van der Waals surface area (Å²) in [5.74, 6) is 0.125. The molecular weight excluding hydrogens is 468 g/mol. The van der Waals surface area contributed by atoms with Gasteiger partial charge >= 0.3 is 0 Å². The summed E-state index contributed by atoms with van der Waals surface area (Å²) in [7, 11) is -0.731. The first kappa shape index (κ1) is 22.2. The van der Waals surface area contributed by atoms with Gasteiger partial charge in [0.15, 0.2) is 0 Å². The second-order valence-corrected chi connectivity index (χ2v) is 10.2. The number of amides is 1. The van der Waals surface area contributed by atoms with Crippen LogP contribution >= 0.6 is 15.9 Å². The fourth-order valence-electron chi connectivity index (χ4n) is 2.98. The maximum atomic E-state index is 12.9. The molecule has 158 valence electrons. The molecule has 0 unspecified atom stereocenters. The molecule has 0 saturated heterocycles. The minimum absolute atomic E-state index is 0.125. The molecule has 30 heavy (non-hydrogen) atoms. The smallest absolute Gasteiger partial charge is 0.256 e. The zero-order valence-electron chi connectivity index (χ0n) is 17.2. The van der Waals surface area contributed by atoms with E-state index in [0.717, 1.165) is 19.9 Å². The molecule has 0 fully saturated rings. The van der Waals surface area contributed by atoms with Crippen molar-refractivity contribution in [2.45, 2.75) is 25.3 Å². The number of aryl methyl sites for hydroxylation is 1. The molecule has 0 bridgehead atoms. The molecule has 0 radical (unpaired) electrons. The molecule has 1 aromatic heterocycles. The molecule has 1 heterocycles. The van der Waals surface area contributed by atoms with Crippen LogP contribution < -0.4 is 5.32 Å². The number of sulfonamides is 1. The van der Waals surface area contributed by atoms with Crippen molar-refractivity contribution in [3.05, 3.63) is 75.4 Å². The summed E-state index contributed by atoms with van der Waals surface area (Å²) in [6, 6.07) is 12.6. The quantitative estimate of drug-likeness (QED) is 0.569. The largest absolute Gasteiger partial charge is 0.307 e. The van der Waals surface area contributed by atoms with Crippen molar-refractivity contribution in [3.63, 3.8) is 0 Å². The zero-order valence-corrected chi connectivity index (χ0v) is 19.6. The summed E-state index contributed by atoms with van der Waals surface area (Å²) >= 11 is 3.45. The van der Waals surface area contributed by atoms with Gasteiger partial charge in [0.2, 0.25) is 10.0 Å². The maximum absolute atomic E-state index is 12.9. The predicted molar refractivity (Wildman–Crippen MR) is 120 cm³/mol. The summed E-state index contributed by atoms with van der Waals surface area (Å²) in [5, 5.41) is 7.12. The second kappa shape index (κ2) is 8.71. The first-order chi connectivity index (χ1) is 14.1. The van der Waals surface area contributed by atoms with Gasteiger partial charge in [0.25, 0.3) is 5.91 Å². The Labute approximate surface area is 184 Å². The Balaban J connectivity index is 1.89. The molecule has 9 heteroatoms. The van der Waals surface area contributed by atoms with Crippen molar-refractivity contribution in [2.24, 2.45) is 0 Å². The van der Waals surface area contributed by atoms with E-state index in [1.165, 1.54) is 20.2 Å². The van der Waals surface area contributed by atoms with Crippen molar-refractivity contribution in [1.29, 1.82) is 0 Å². The number of nitrogens with zero attached hydrogens (tertiary/aromatic N) is 3. The van der Waals surface area contributed by atoms with Gasteiger partial charge in [0.1, 0.15) is 5.82 Å². The van der Waals surface area contributed by atoms with Gasteiger partial charge in [-0.25, -0.2) is 17.4 Å². The Kier molecular flexibility index (Phi) is 6.44. The molecule has 3 rings (SSSR count). The Morgan fingerprint density at radius 1 is 1.17 bits per heavy atom. The first-order valence-corrected chi connectivity index (χ1v) is 11.4. The highest BCUT2D eigenvalue weighted by molar-refractivity contribution is 9.10. The number of halogens is 1. The van der Waals surface area contributed by atoms with Crippen LogP contribution in [0.15, 0.2) is 58.0 Å². The van der Waals surface area contributed by atoms with Crippen LogP contribution in [0.5, 0.6) is 0 Å². The van der Waals surface area contributed by atoms with Gasteiger partial charge < -0.3 is 5.32 Å². The van der Waals surface area contributed by atoms with Gasteiger partial charge in [-0.2, -0.15) is 5.10 Å². The second-order valence-electron chi connectivity index (χ2n) is 7.16. The molecule has 1 N–H and O–H groups in total. The number of carbonyl (C=O) groups excluding carboxylic acids is 1. The number of carbonyl (C=O) groups is 1. The number of benzene rings is 2. The number of aromatic nitrogens is 2. The lowest BCUT2D eigenvalue weighted by molar-refractivity contribution is 0.102. The molecule has 0 aliphatic carbocycles. The Morgan fingerprint density at radius 2 is 1.90 bits per heavy atom. The topological polar surface area (TPSA) is 84.3 Å². The number of anilines is 1. The van der Waals surface area contributed by atoms with Crippen LogP contribution in [0.1, 0.15) is 27.0 Å². The highest BCUT2D eigenvalue weighted by Crippen LogP contribution is 2.24. The van der Waals surface area contributed by atoms with Crippen LogP contribution in [0, 0.1) is 13.8 Å². The van der Waals surface area contributed by atoms with Crippen LogP contribution in [0.4, 0.5) is 5.82 Å². The number of hydrogen-bond acceptors (Lipinski definition) is 4.